The first-order valence-electron chi connectivity index (χ1n) is 8.31. The van der Waals surface area contributed by atoms with Gasteiger partial charge in [0.1, 0.15) is 0 Å². The summed E-state index contributed by atoms with van der Waals surface area (Å²) in [5.41, 5.74) is 4.02. The van der Waals surface area contributed by atoms with Crippen molar-refractivity contribution >= 4 is 11.6 Å². The molecule has 0 unspecified atom stereocenters. The molecule has 1 N–H and O–H groups in total. The van der Waals surface area contributed by atoms with Gasteiger partial charge in [0.05, 0.1) is 12.1 Å². The number of aromatic nitrogens is 2. The first-order chi connectivity index (χ1) is 12.1. The van der Waals surface area contributed by atoms with Crippen molar-refractivity contribution in [3.63, 3.8) is 0 Å². The molecule has 0 saturated carbocycles. The zero-order chi connectivity index (χ0) is 17.8. The lowest BCUT2D eigenvalue weighted by Crippen LogP contribution is -2.34. The van der Waals surface area contributed by atoms with Gasteiger partial charge in [-0.2, -0.15) is 0 Å². The van der Waals surface area contributed by atoms with E-state index in [0.29, 0.717) is 18.1 Å². The summed E-state index contributed by atoms with van der Waals surface area (Å²) in [5, 5.41) is 3.97. The molecule has 1 aliphatic heterocycles. The molecule has 3 rings (SSSR count). The standard InChI is InChI=1S/C20H22ClN3O/c1-3-4-5-15(2)12-23-11-10-19-18(14-23)20(25)24(22-19)13-16-6-8-17(21)9-7-16/h3-9,22H,1-2,10-14H2/b5-4-. The van der Waals surface area contributed by atoms with E-state index in [0.717, 1.165) is 41.9 Å². The average molecular weight is 356 g/mol. The molecule has 2 aromatic rings. The molecule has 0 aliphatic carbocycles. The normalized spacial score (nSPS) is 14.6. The van der Waals surface area contributed by atoms with Crippen molar-refractivity contribution in [1.82, 2.24) is 14.7 Å². The van der Waals surface area contributed by atoms with E-state index in [1.54, 1.807) is 10.8 Å². The van der Waals surface area contributed by atoms with E-state index in [4.69, 9.17) is 11.6 Å². The highest BCUT2D eigenvalue weighted by molar-refractivity contribution is 6.30. The summed E-state index contributed by atoms with van der Waals surface area (Å²) >= 11 is 5.92. The molecule has 5 heteroatoms. The molecule has 2 heterocycles. The predicted octanol–water partition coefficient (Wildman–Crippen LogP) is 3.53. The Morgan fingerprint density at radius 2 is 2.08 bits per heavy atom. The van der Waals surface area contributed by atoms with Gasteiger partial charge < -0.3 is 0 Å². The zero-order valence-corrected chi connectivity index (χ0v) is 14.9. The quantitative estimate of drug-likeness (QED) is 0.805. The van der Waals surface area contributed by atoms with E-state index < -0.39 is 0 Å². The smallest absolute Gasteiger partial charge is 0.271 e. The Labute approximate surface area is 152 Å². The number of fused-ring (bicyclic) bond motifs is 1. The first kappa shape index (κ1) is 17.5. The molecule has 1 aromatic heterocycles. The molecule has 0 spiro atoms. The largest absolute Gasteiger partial charge is 0.299 e. The fourth-order valence-corrected chi connectivity index (χ4v) is 3.20. The Morgan fingerprint density at radius 3 is 2.80 bits per heavy atom. The topological polar surface area (TPSA) is 41.0 Å². The lowest BCUT2D eigenvalue weighted by atomic mass is 10.1. The summed E-state index contributed by atoms with van der Waals surface area (Å²) in [6.45, 7) is 10.6. The number of hydrogen-bond donors (Lipinski definition) is 1. The van der Waals surface area contributed by atoms with Crippen LogP contribution in [0.2, 0.25) is 5.02 Å². The molecule has 0 saturated heterocycles. The fourth-order valence-electron chi connectivity index (χ4n) is 3.08. The van der Waals surface area contributed by atoms with Gasteiger partial charge in [0.25, 0.3) is 5.56 Å². The van der Waals surface area contributed by atoms with Crippen LogP contribution in [0.5, 0.6) is 0 Å². The molecule has 1 aliphatic rings. The third-order valence-electron chi connectivity index (χ3n) is 4.35. The minimum atomic E-state index is 0.0573. The maximum Gasteiger partial charge on any atom is 0.271 e. The van der Waals surface area contributed by atoms with E-state index in [9.17, 15) is 4.79 Å². The van der Waals surface area contributed by atoms with Gasteiger partial charge in [-0.1, -0.05) is 55.1 Å². The monoisotopic (exact) mass is 355 g/mol. The Morgan fingerprint density at radius 1 is 1.32 bits per heavy atom. The van der Waals surface area contributed by atoms with Gasteiger partial charge in [-0.25, -0.2) is 4.68 Å². The van der Waals surface area contributed by atoms with Gasteiger partial charge in [0.2, 0.25) is 0 Å². The van der Waals surface area contributed by atoms with Crippen molar-refractivity contribution in [1.29, 1.82) is 0 Å². The third-order valence-corrected chi connectivity index (χ3v) is 4.60. The van der Waals surface area contributed by atoms with Crippen molar-refractivity contribution in [2.45, 2.75) is 19.5 Å². The van der Waals surface area contributed by atoms with Crippen molar-refractivity contribution in [3.8, 4) is 0 Å². The number of benzene rings is 1. The van der Waals surface area contributed by atoms with Crippen LogP contribution in [0.3, 0.4) is 0 Å². The van der Waals surface area contributed by atoms with Crippen LogP contribution in [-0.2, 0) is 19.5 Å². The Bertz CT molecular complexity index is 858. The predicted molar refractivity (Wildman–Crippen MR) is 103 cm³/mol. The molecule has 0 fully saturated rings. The minimum Gasteiger partial charge on any atom is -0.299 e. The first-order valence-corrected chi connectivity index (χ1v) is 8.69. The van der Waals surface area contributed by atoms with E-state index in [1.165, 1.54) is 0 Å². The van der Waals surface area contributed by atoms with Gasteiger partial charge >= 0.3 is 0 Å². The SMILES string of the molecule is C=C/C=C\C(=C)CN1CCc2[nH]n(Cc3ccc(Cl)cc3)c(=O)c2C1. The number of hydrogen-bond acceptors (Lipinski definition) is 2. The molecule has 130 valence electrons. The van der Waals surface area contributed by atoms with Crippen molar-refractivity contribution in [2.75, 3.05) is 13.1 Å². The van der Waals surface area contributed by atoms with Crippen LogP contribution in [0, 0.1) is 0 Å². The second-order valence-corrected chi connectivity index (χ2v) is 6.74. The molecular weight excluding hydrogens is 334 g/mol. The second-order valence-electron chi connectivity index (χ2n) is 6.30. The van der Waals surface area contributed by atoms with Crippen LogP contribution in [0.4, 0.5) is 0 Å². The van der Waals surface area contributed by atoms with Crippen molar-refractivity contribution < 1.29 is 0 Å². The number of nitrogens with one attached hydrogen (secondary N) is 1. The van der Waals surface area contributed by atoms with E-state index >= 15 is 0 Å². The van der Waals surface area contributed by atoms with Crippen LogP contribution in [0.1, 0.15) is 16.8 Å². The summed E-state index contributed by atoms with van der Waals surface area (Å²) in [4.78, 5) is 15.0. The molecule has 1 aromatic carbocycles. The van der Waals surface area contributed by atoms with Crippen LogP contribution in [0.15, 0.2) is 66.0 Å². The number of nitrogens with zero attached hydrogens (tertiary/aromatic N) is 2. The average Bonchev–Trinajstić information content (AvgIpc) is 2.91. The van der Waals surface area contributed by atoms with Crippen molar-refractivity contribution in [3.05, 3.63) is 93.4 Å². The molecular formula is C20H22ClN3O. The van der Waals surface area contributed by atoms with E-state index in [-0.39, 0.29) is 5.56 Å². The number of H-pyrrole nitrogens is 1. The van der Waals surface area contributed by atoms with Gasteiger partial charge in [0.15, 0.2) is 0 Å². The number of allylic oxidation sites excluding steroid dienone is 2. The molecule has 0 radical (unpaired) electrons. The molecule has 4 nitrogen and oxygen atoms in total. The van der Waals surface area contributed by atoms with Crippen LogP contribution in [-0.4, -0.2) is 27.8 Å². The summed E-state index contributed by atoms with van der Waals surface area (Å²) < 4.78 is 1.68. The molecule has 0 atom stereocenters. The lowest BCUT2D eigenvalue weighted by molar-refractivity contribution is 0.276. The maximum absolute atomic E-state index is 12.7. The Balaban J connectivity index is 1.72. The van der Waals surface area contributed by atoms with Crippen LogP contribution in [0.25, 0.3) is 0 Å². The highest BCUT2D eigenvalue weighted by Crippen LogP contribution is 2.16. The van der Waals surface area contributed by atoms with Gasteiger partial charge in [0, 0.05) is 36.8 Å². The highest BCUT2D eigenvalue weighted by Gasteiger charge is 2.22. The molecule has 0 bridgehead atoms. The maximum atomic E-state index is 12.7. The Kier molecular flexibility index (Phi) is 5.41. The highest BCUT2D eigenvalue weighted by atomic mass is 35.5. The fraction of sp³-hybridized carbons (Fsp3) is 0.250. The third kappa shape index (κ3) is 4.21. The van der Waals surface area contributed by atoms with Gasteiger partial charge in [-0.05, 0) is 23.3 Å². The molecule has 25 heavy (non-hydrogen) atoms. The van der Waals surface area contributed by atoms with Crippen LogP contribution < -0.4 is 5.56 Å². The van der Waals surface area contributed by atoms with E-state index in [1.807, 2.05) is 36.4 Å². The number of rotatable bonds is 6. The van der Waals surface area contributed by atoms with Crippen LogP contribution >= 0.6 is 11.6 Å². The summed E-state index contributed by atoms with van der Waals surface area (Å²) in [5.74, 6) is 0. The van der Waals surface area contributed by atoms with Gasteiger partial charge in [-0.3, -0.25) is 14.8 Å². The second kappa shape index (κ2) is 7.72. The number of halogens is 1. The summed E-state index contributed by atoms with van der Waals surface area (Å²) in [6, 6.07) is 7.57. The number of aromatic amines is 1. The zero-order valence-electron chi connectivity index (χ0n) is 14.2. The summed E-state index contributed by atoms with van der Waals surface area (Å²) in [7, 11) is 0. The lowest BCUT2D eigenvalue weighted by Gasteiger charge is -2.25. The summed E-state index contributed by atoms with van der Waals surface area (Å²) in [6.07, 6.45) is 6.42. The van der Waals surface area contributed by atoms with Gasteiger partial charge in [-0.15, -0.1) is 0 Å². The molecule has 0 amide bonds. The van der Waals surface area contributed by atoms with Crippen molar-refractivity contribution in [2.24, 2.45) is 0 Å². The Hall–Kier alpha value is -2.30. The minimum absolute atomic E-state index is 0.0573. The van der Waals surface area contributed by atoms with E-state index in [2.05, 4.69) is 23.2 Å².